The van der Waals surface area contributed by atoms with Crippen molar-refractivity contribution < 1.29 is 13.2 Å². The first-order valence-electron chi connectivity index (χ1n) is 5.09. The number of benzene rings is 1. The van der Waals surface area contributed by atoms with Crippen molar-refractivity contribution in [1.29, 1.82) is 0 Å². The van der Waals surface area contributed by atoms with Gasteiger partial charge < -0.3 is 5.73 Å². The Balaban J connectivity index is 0.00000289. The van der Waals surface area contributed by atoms with Gasteiger partial charge in [0, 0.05) is 6.04 Å². The van der Waals surface area contributed by atoms with Gasteiger partial charge in [0.1, 0.15) is 0 Å². The van der Waals surface area contributed by atoms with E-state index in [-0.39, 0.29) is 17.4 Å². The number of hydrogen-bond donors (Lipinski definition) is 1. The smallest absolute Gasteiger partial charge is 0.324 e. The summed E-state index contributed by atoms with van der Waals surface area (Å²) in [6, 6.07) is 3.32. The molecule has 0 saturated heterocycles. The summed E-state index contributed by atoms with van der Waals surface area (Å²) in [5.41, 5.74) is 5.38. The fourth-order valence-electron chi connectivity index (χ4n) is 1.45. The molecule has 0 bridgehead atoms. The Morgan fingerprint density at radius 1 is 1.39 bits per heavy atom. The van der Waals surface area contributed by atoms with E-state index in [1.54, 1.807) is 6.08 Å². The predicted molar refractivity (Wildman–Crippen MR) is 70.1 cm³/mol. The van der Waals surface area contributed by atoms with Crippen molar-refractivity contribution in [2.24, 2.45) is 5.73 Å². The largest absolute Gasteiger partial charge is 0.417 e. The molecule has 102 valence electrons. The summed E-state index contributed by atoms with van der Waals surface area (Å²) in [4.78, 5) is 0. The predicted octanol–water partition coefficient (Wildman–Crippen LogP) is 4.75. The topological polar surface area (TPSA) is 26.0 Å². The van der Waals surface area contributed by atoms with Gasteiger partial charge in [0.05, 0.1) is 10.6 Å². The minimum absolute atomic E-state index is 0. The zero-order valence-corrected chi connectivity index (χ0v) is 11.1. The molecule has 6 heteroatoms. The van der Waals surface area contributed by atoms with Gasteiger partial charge in [-0.1, -0.05) is 23.7 Å². The van der Waals surface area contributed by atoms with Crippen LogP contribution in [0.1, 0.15) is 30.0 Å². The van der Waals surface area contributed by atoms with Gasteiger partial charge in [0.2, 0.25) is 0 Å². The molecule has 1 aromatic carbocycles. The van der Waals surface area contributed by atoms with E-state index < -0.39 is 17.8 Å². The van der Waals surface area contributed by atoms with E-state index in [0.717, 1.165) is 6.07 Å². The summed E-state index contributed by atoms with van der Waals surface area (Å²) < 4.78 is 37.8. The normalized spacial score (nSPS) is 12.7. The molecule has 18 heavy (non-hydrogen) atoms. The fourth-order valence-corrected chi connectivity index (χ4v) is 1.68. The molecule has 0 aliphatic rings. The quantitative estimate of drug-likeness (QED) is 0.798. The van der Waals surface area contributed by atoms with Crippen LogP contribution in [0.5, 0.6) is 0 Å². The third-order valence-corrected chi connectivity index (χ3v) is 2.74. The number of allylic oxidation sites excluding steroid dienone is 1. The average molecular weight is 300 g/mol. The number of hydrogen-bond acceptors (Lipinski definition) is 1. The molecule has 0 radical (unpaired) electrons. The minimum Gasteiger partial charge on any atom is -0.324 e. The number of alkyl halides is 3. The Hall–Kier alpha value is -0.710. The first-order chi connectivity index (χ1) is 7.86. The summed E-state index contributed by atoms with van der Waals surface area (Å²) in [6.45, 7) is 3.54. The number of rotatable bonds is 4. The highest BCUT2D eigenvalue weighted by atomic mass is 35.5. The van der Waals surface area contributed by atoms with E-state index in [0.29, 0.717) is 18.4 Å². The lowest BCUT2D eigenvalue weighted by Crippen LogP contribution is -2.12. The van der Waals surface area contributed by atoms with E-state index >= 15 is 0 Å². The Kier molecular flexibility index (Phi) is 6.74. The van der Waals surface area contributed by atoms with Gasteiger partial charge in [0.25, 0.3) is 0 Å². The Morgan fingerprint density at radius 2 is 2.00 bits per heavy atom. The summed E-state index contributed by atoms with van der Waals surface area (Å²) in [7, 11) is 0. The van der Waals surface area contributed by atoms with Gasteiger partial charge in [0.15, 0.2) is 0 Å². The van der Waals surface area contributed by atoms with Gasteiger partial charge >= 0.3 is 6.18 Å². The molecule has 0 unspecified atom stereocenters. The maximum absolute atomic E-state index is 12.6. The molecular weight excluding hydrogens is 286 g/mol. The maximum atomic E-state index is 12.6. The van der Waals surface area contributed by atoms with Crippen molar-refractivity contribution in [2.45, 2.75) is 25.1 Å². The fraction of sp³-hybridized carbons (Fsp3) is 0.333. The van der Waals surface area contributed by atoms with Gasteiger partial charge in [-0.15, -0.1) is 19.0 Å². The van der Waals surface area contributed by atoms with Crippen LogP contribution in [0.4, 0.5) is 13.2 Å². The first-order valence-corrected chi connectivity index (χ1v) is 5.47. The second-order valence-electron chi connectivity index (χ2n) is 3.71. The second-order valence-corrected chi connectivity index (χ2v) is 4.12. The van der Waals surface area contributed by atoms with E-state index in [9.17, 15) is 13.2 Å². The van der Waals surface area contributed by atoms with Gasteiger partial charge in [-0.05, 0) is 30.5 Å². The zero-order valence-electron chi connectivity index (χ0n) is 9.51. The highest BCUT2D eigenvalue weighted by Gasteiger charge is 2.33. The minimum atomic E-state index is -4.45. The number of halogens is 5. The molecule has 0 aromatic heterocycles. The van der Waals surface area contributed by atoms with Gasteiger partial charge in [-0.2, -0.15) is 13.2 Å². The average Bonchev–Trinajstić information content (AvgIpc) is 2.25. The Labute approximate surface area is 115 Å². The van der Waals surface area contributed by atoms with Crippen LogP contribution in [0.2, 0.25) is 5.02 Å². The van der Waals surface area contributed by atoms with Crippen LogP contribution in [0.15, 0.2) is 30.9 Å². The van der Waals surface area contributed by atoms with Crippen LogP contribution in [-0.4, -0.2) is 0 Å². The van der Waals surface area contributed by atoms with Crippen LogP contribution < -0.4 is 5.73 Å². The molecule has 1 atom stereocenters. The molecule has 0 heterocycles. The highest BCUT2D eigenvalue weighted by molar-refractivity contribution is 6.31. The molecule has 1 rings (SSSR count). The molecule has 1 nitrogen and oxygen atoms in total. The van der Waals surface area contributed by atoms with Crippen LogP contribution in [0, 0.1) is 0 Å². The summed E-state index contributed by atoms with van der Waals surface area (Å²) >= 11 is 5.51. The maximum Gasteiger partial charge on any atom is 0.417 e. The molecule has 0 amide bonds. The third-order valence-electron chi connectivity index (χ3n) is 2.41. The molecule has 0 fully saturated rings. The van der Waals surface area contributed by atoms with Crippen LogP contribution in [-0.2, 0) is 6.18 Å². The zero-order chi connectivity index (χ0) is 13.1. The monoisotopic (exact) mass is 299 g/mol. The van der Waals surface area contributed by atoms with Gasteiger partial charge in [-0.3, -0.25) is 0 Å². The highest BCUT2D eigenvalue weighted by Crippen LogP contribution is 2.36. The molecular formula is C12H14Cl2F3N. The summed E-state index contributed by atoms with van der Waals surface area (Å²) in [5, 5.41) is -0.308. The molecule has 0 aliphatic heterocycles. The van der Waals surface area contributed by atoms with E-state index in [1.807, 2.05) is 0 Å². The van der Waals surface area contributed by atoms with E-state index in [2.05, 4.69) is 6.58 Å². The molecule has 0 spiro atoms. The third kappa shape index (κ3) is 4.52. The lowest BCUT2D eigenvalue weighted by Gasteiger charge is -2.15. The van der Waals surface area contributed by atoms with Crippen LogP contribution in [0.25, 0.3) is 0 Å². The number of nitrogens with two attached hydrogens (primary N) is 1. The van der Waals surface area contributed by atoms with Gasteiger partial charge in [-0.25, -0.2) is 0 Å². The van der Waals surface area contributed by atoms with Crippen LogP contribution in [0.3, 0.4) is 0 Å². The second kappa shape index (κ2) is 7.02. The molecule has 2 N–H and O–H groups in total. The van der Waals surface area contributed by atoms with Crippen molar-refractivity contribution in [3.63, 3.8) is 0 Å². The Morgan fingerprint density at radius 3 is 2.50 bits per heavy atom. The summed E-state index contributed by atoms with van der Waals surface area (Å²) in [5.74, 6) is 0. The molecule has 0 saturated carbocycles. The van der Waals surface area contributed by atoms with Crippen molar-refractivity contribution in [1.82, 2.24) is 0 Å². The van der Waals surface area contributed by atoms with Crippen molar-refractivity contribution in [3.05, 3.63) is 47.0 Å². The Bertz CT molecular complexity index is 405. The van der Waals surface area contributed by atoms with E-state index in [1.165, 1.54) is 12.1 Å². The SMILES string of the molecule is C=CCC[C@H](N)c1ccc(Cl)c(C(F)(F)F)c1.Cl. The lowest BCUT2D eigenvalue weighted by atomic mass is 10.0. The first kappa shape index (κ1) is 17.3. The van der Waals surface area contributed by atoms with Crippen molar-refractivity contribution in [3.8, 4) is 0 Å². The summed E-state index contributed by atoms with van der Waals surface area (Å²) in [6.07, 6.45) is -1.56. The standard InChI is InChI=1S/C12H13ClF3N.ClH/c1-2-3-4-11(17)8-5-6-10(13)9(7-8)12(14,15)16;/h2,5-7,11H,1,3-4,17H2;1H/t11-;/m0./s1. The van der Waals surface area contributed by atoms with E-state index in [4.69, 9.17) is 17.3 Å². The van der Waals surface area contributed by atoms with Crippen molar-refractivity contribution >= 4 is 24.0 Å². The van der Waals surface area contributed by atoms with Crippen LogP contribution >= 0.6 is 24.0 Å². The lowest BCUT2D eigenvalue weighted by molar-refractivity contribution is -0.137. The van der Waals surface area contributed by atoms with Crippen molar-refractivity contribution in [2.75, 3.05) is 0 Å². The molecule has 0 aliphatic carbocycles. The molecule has 1 aromatic rings.